The van der Waals surface area contributed by atoms with Crippen molar-refractivity contribution in [2.24, 2.45) is 5.92 Å². The lowest BCUT2D eigenvalue weighted by molar-refractivity contribution is -0.100. The molecule has 0 aromatic heterocycles. The molecule has 0 spiro atoms. The third kappa shape index (κ3) is 5.57. The zero-order valence-electron chi connectivity index (χ0n) is 14.0. The Hall–Kier alpha value is -0.940. The van der Waals surface area contributed by atoms with Gasteiger partial charge in [0.1, 0.15) is 0 Å². The van der Waals surface area contributed by atoms with Crippen molar-refractivity contribution in [3.63, 3.8) is 0 Å². The van der Waals surface area contributed by atoms with Crippen LogP contribution < -0.4 is 0 Å². The van der Waals surface area contributed by atoms with Gasteiger partial charge in [0.15, 0.2) is 6.29 Å². The molecular formula is C19H29NO3. The first-order valence-corrected chi connectivity index (χ1v) is 8.99. The molecule has 4 nitrogen and oxygen atoms in total. The fourth-order valence-electron chi connectivity index (χ4n) is 3.49. The minimum absolute atomic E-state index is 0.0416. The summed E-state index contributed by atoms with van der Waals surface area (Å²) in [6, 6.07) is 10.5. The third-order valence-corrected chi connectivity index (χ3v) is 4.72. The summed E-state index contributed by atoms with van der Waals surface area (Å²) < 4.78 is 17.1. The van der Waals surface area contributed by atoms with Crippen molar-refractivity contribution in [2.75, 3.05) is 46.1 Å². The number of benzene rings is 1. The topological polar surface area (TPSA) is 30.9 Å². The number of nitrogens with zero attached hydrogens (tertiary/aromatic N) is 1. The van der Waals surface area contributed by atoms with Crippen LogP contribution in [0.25, 0.3) is 0 Å². The second-order valence-corrected chi connectivity index (χ2v) is 6.51. The van der Waals surface area contributed by atoms with Gasteiger partial charge in [-0.05, 0) is 37.8 Å². The van der Waals surface area contributed by atoms with Crippen molar-refractivity contribution in [2.45, 2.75) is 32.0 Å². The first-order valence-electron chi connectivity index (χ1n) is 8.99. The molecule has 2 aliphatic rings. The Bertz CT molecular complexity index is 434. The molecule has 23 heavy (non-hydrogen) atoms. The van der Waals surface area contributed by atoms with Gasteiger partial charge in [-0.3, -0.25) is 0 Å². The van der Waals surface area contributed by atoms with E-state index in [4.69, 9.17) is 14.2 Å². The van der Waals surface area contributed by atoms with Gasteiger partial charge in [-0.15, -0.1) is 0 Å². The fourth-order valence-corrected chi connectivity index (χ4v) is 3.49. The van der Waals surface area contributed by atoms with Gasteiger partial charge in [0, 0.05) is 25.6 Å². The van der Waals surface area contributed by atoms with E-state index < -0.39 is 0 Å². The summed E-state index contributed by atoms with van der Waals surface area (Å²) in [5.74, 6) is 0.547. The molecule has 4 heteroatoms. The molecule has 0 bridgehead atoms. The molecule has 2 heterocycles. The van der Waals surface area contributed by atoms with Crippen molar-refractivity contribution >= 4 is 0 Å². The lowest BCUT2D eigenvalue weighted by Gasteiger charge is -2.34. The average molecular weight is 319 g/mol. The summed E-state index contributed by atoms with van der Waals surface area (Å²) in [7, 11) is 0. The van der Waals surface area contributed by atoms with E-state index in [9.17, 15) is 0 Å². The van der Waals surface area contributed by atoms with E-state index in [0.717, 1.165) is 52.4 Å². The number of ether oxygens (including phenoxy) is 3. The molecule has 1 atom stereocenters. The van der Waals surface area contributed by atoms with Crippen LogP contribution in [0.3, 0.4) is 0 Å². The Balaban J connectivity index is 1.25. The lowest BCUT2D eigenvalue weighted by atomic mass is 9.97. The highest BCUT2D eigenvalue weighted by atomic mass is 16.7. The van der Waals surface area contributed by atoms with E-state index in [0.29, 0.717) is 5.92 Å². The molecule has 2 fully saturated rings. The van der Waals surface area contributed by atoms with Crippen LogP contribution in [-0.4, -0.2) is 57.3 Å². The predicted molar refractivity (Wildman–Crippen MR) is 90.4 cm³/mol. The summed E-state index contributed by atoms with van der Waals surface area (Å²) in [6.45, 7) is 6.62. The van der Waals surface area contributed by atoms with Gasteiger partial charge in [-0.25, -0.2) is 0 Å². The van der Waals surface area contributed by atoms with Crippen LogP contribution >= 0.6 is 0 Å². The maximum atomic E-state index is 5.78. The maximum Gasteiger partial charge on any atom is 0.161 e. The van der Waals surface area contributed by atoms with Crippen LogP contribution in [0.1, 0.15) is 24.8 Å². The lowest BCUT2D eigenvalue weighted by Crippen LogP contribution is -2.41. The van der Waals surface area contributed by atoms with Crippen LogP contribution in [0.15, 0.2) is 30.3 Å². The summed E-state index contributed by atoms with van der Waals surface area (Å²) >= 11 is 0. The van der Waals surface area contributed by atoms with Gasteiger partial charge in [-0.1, -0.05) is 30.3 Å². The van der Waals surface area contributed by atoms with E-state index in [1.165, 1.54) is 24.9 Å². The van der Waals surface area contributed by atoms with Gasteiger partial charge in [-0.2, -0.15) is 0 Å². The van der Waals surface area contributed by atoms with Crippen molar-refractivity contribution in [1.29, 1.82) is 0 Å². The van der Waals surface area contributed by atoms with Crippen LogP contribution in [0.2, 0.25) is 0 Å². The number of hydrogen-bond donors (Lipinski definition) is 0. The summed E-state index contributed by atoms with van der Waals surface area (Å²) in [4.78, 5) is 2.54. The minimum atomic E-state index is 0.0416. The molecule has 0 aliphatic carbocycles. The minimum Gasteiger partial charge on any atom is -0.381 e. The molecule has 2 aliphatic heterocycles. The third-order valence-electron chi connectivity index (χ3n) is 4.72. The highest BCUT2D eigenvalue weighted by Crippen LogP contribution is 2.24. The van der Waals surface area contributed by atoms with Gasteiger partial charge >= 0.3 is 0 Å². The second-order valence-electron chi connectivity index (χ2n) is 6.51. The van der Waals surface area contributed by atoms with Crippen molar-refractivity contribution in [3.05, 3.63) is 35.9 Å². The Kier molecular flexibility index (Phi) is 6.89. The molecule has 0 radical (unpaired) electrons. The largest absolute Gasteiger partial charge is 0.381 e. The molecule has 0 amide bonds. The van der Waals surface area contributed by atoms with E-state index >= 15 is 0 Å². The molecule has 1 aromatic rings. The number of likely N-dealkylation sites (tertiary alicyclic amines) is 1. The Morgan fingerprint density at radius 1 is 1.09 bits per heavy atom. The standard InChI is InChI=1S/C19H29NO3/c1-2-6-17(7-3-1)9-13-21-12-5-11-20-10-4-8-18(16-20)19-22-14-15-23-19/h1-3,6-7,18-19H,4-5,8-16H2. The highest BCUT2D eigenvalue weighted by Gasteiger charge is 2.30. The number of piperidine rings is 1. The maximum absolute atomic E-state index is 5.78. The molecule has 0 N–H and O–H groups in total. The highest BCUT2D eigenvalue weighted by molar-refractivity contribution is 5.14. The first-order chi connectivity index (χ1) is 11.4. The molecule has 2 saturated heterocycles. The zero-order chi connectivity index (χ0) is 15.7. The van der Waals surface area contributed by atoms with Crippen LogP contribution in [0, 0.1) is 5.92 Å². The van der Waals surface area contributed by atoms with E-state index in [1.54, 1.807) is 0 Å². The fraction of sp³-hybridized carbons (Fsp3) is 0.684. The Morgan fingerprint density at radius 2 is 1.91 bits per heavy atom. The van der Waals surface area contributed by atoms with Crippen LogP contribution in [-0.2, 0) is 20.6 Å². The van der Waals surface area contributed by atoms with Crippen molar-refractivity contribution < 1.29 is 14.2 Å². The SMILES string of the molecule is c1ccc(CCOCCCN2CCCC(C3OCCO3)C2)cc1. The molecule has 0 saturated carbocycles. The van der Waals surface area contributed by atoms with E-state index in [2.05, 4.69) is 35.2 Å². The average Bonchev–Trinajstić information content (AvgIpc) is 3.14. The van der Waals surface area contributed by atoms with Gasteiger partial charge in [0.25, 0.3) is 0 Å². The van der Waals surface area contributed by atoms with Crippen molar-refractivity contribution in [3.8, 4) is 0 Å². The van der Waals surface area contributed by atoms with E-state index in [-0.39, 0.29) is 6.29 Å². The molecule has 1 unspecified atom stereocenters. The first kappa shape index (κ1) is 16.9. The molecular weight excluding hydrogens is 290 g/mol. The predicted octanol–water partition coefficient (Wildman–Crippen LogP) is 2.72. The molecule has 3 rings (SSSR count). The Morgan fingerprint density at radius 3 is 2.74 bits per heavy atom. The second kappa shape index (κ2) is 9.38. The van der Waals surface area contributed by atoms with Gasteiger partial charge < -0.3 is 19.1 Å². The molecule has 128 valence electrons. The van der Waals surface area contributed by atoms with Gasteiger partial charge in [0.2, 0.25) is 0 Å². The summed E-state index contributed by atoms with van der Waals surface area (Å²) in [6.07, 6.45) is 4.63. The van der Waals surface area contributed by atoms with Gasteiger partial charge in [0.05, 0.1) is 19.8 Å². The number of rotatable bonds is 8. The monoisotopic (exact) mass is 319 g/mol. The Labute approximate surface area is 139 Å². The zero-order valence-corrected chi connectivity index (χ0v) is 14.0. The summed E-state index contributed by atoms with van der Waals surface area (Å²) in [5, 5.41) is 0. The quantitative estimate of drug-likeness (QED) is 0.690. The van der Waals surface area contributed by atoms with Crippen LogP contribution in [0.5, 0.6) is 0 Å². The molecule has 1 aromatic carbocycles. The number of hydrogen-bond acceptors (Lipinski definition) is 4. The van der Waals surface area contributed by atoms with Crippen LogP contribution in [0.4, 0.5) is 0 Å². The normalized spacial score (nSPS) is 23.4. The van der Waals surface area contributed by atoms with E-state index in [1.807, 2.05) is 0 Å². The summed E-state index contributed by atoms with van der Waals surface area (Å²) in [5.41, 5.74) is 1.35. The smallest absolute Gasteiger partial charge is 0.161 e. The van der Waals surface area contributed by atoms with Crippen molar-refractivity contribution in [1.82, 2.24) is 4.90 Å².